The van der Waals surface area contributed by atoms with E-state index in [0.717, 1.165) is 38.5 Å². The first-order valence-electron chi connectivity index (χ1n) is 8.25. The van der Waals surface area contributed by atoms with E-state index in [1.54, 1.807) is 0 Å². The van der Waals surface area contributed by atoms with Crippen LogP contribution in [-0.4, -0.2) is 38.2 Å². The molecule has 1 unspecified atom stereocenters. The highest BCUT2D eigenvalue weighted by atomic mass is 32.2. The molecular weight excluding hydrogens is 302 g/mol. The molecule has 2 fully saturated rings. The Balaban J connectivity index is 1.84. The van der Waals surface area contributed by atoms with Crippen molar-refractivity contribution in [2.24, 2.45) is 17.6 Å². The van der Waals surface area contributed by atoms with Crippen molar-refractivity contribution < 1.29 is 13.2 Å². The highest BCUT2D eigenvalue weighted by Crippen LogP contribution is 2.38. The molecule has 7 heteroatoms. The van der Waals surface area contributed by atoms with Crippen molar-refractivity contribution in [1.82, 2.24) is 10.0 Å². The molecule has 0 saturated heterocycles. The van der Waals surface area contributed by atoms with Crippen molar-refractivity contribution in [3.63, 3.8) is 0 Å². The van der Waals surface area contributed by atoms with E-state index in [1.807, 2.05) is 6.92 Å². The van der Waals surface area contributed by atoms with E-state index in [0.29, 0.717) is 18.4 Å². The zero-order chi connectivity index (χ0) is 16.4. The standard InChI is InChI=1S/C15H29N3O3S/c1-11-3-7-13(8-4-11)18-22(20,21)9-14(19)17-15(2,10-16)12-5-6-12/h11-13,18H,3-10,16H2,1-2H3,(H,17,19). The van der Waals surface area contributed by atoms with Gasteiger partial charge in [0.05, 0.1) is 5.54 Å². The predicted molar refractivity (Wildman–Crippen MR) is 86.7 cm³/mol. The van der Waals surface area contributed by atoms with Crippen LogP contribution in [-0.2, 0) is 14.8 Å². The molecule has 2 rings (SSSR count). The van der Waals surface area contributed by atoms with Gasteiger partial charge in [0.1, 0.15) is 5.75 Å². The van der Waals surface area contributed by atoms with E-state index in [-0.39, 0.29) is 6.04 Å². The molecule has 0 radical (unpaired) electrons. The van der Waals surface area contributed by atoms with Gasteiger partial charge in [-0.1, -0.05) is 6.92 Å². The zero-order valence-electron chi connectivity index (χ0n) is 13.6. The average molecular weight is 331 g/mol. The molecule has 22 heavy (non-hydrogen) atoms. The number of hydrogen-bond acceptors (Lipinski definition) is 4. The van der Waals surface area contributed by atoms with E-state index in [1.165, 1.54) is 0 Å². The summed E-state index contributed by atoms with van der Waals surface area (Å²) in [5, 5.41) is 2.82. The Morgan fingerprint density at radius 2 is 1.77 bits per heavy atom. The summed E-state index contributed by atoms with van der Waals surface area (Å²) in [5.41, 5.74) is 5.26. The third-order valence-electron chi connectivity index (χ3n) is 5.01. The Bertz CT molecular complexity index is 496. The van der Waals surface area contributed by atoms with Crippen molar-refractivity contribution in [3.05, 3.63) is 0 Å². The Morgan fingerprint density at radius 3 is 2.27 bits per heavy atom. The van der Waals surface area contributed by atoms with Gasteiger partial charge in [0.15, 0.2) is 0 Å². The second-order valence-electron chi connectivity index (χ2n) is 7.28. The van der Waals surface area contributed by atoms with Crippen molar-refractivity contribution >= 4 is 15.9 Å². The Hall–Kier alpha value is -0.660. The normalized spacial score (nSPS) is 28.9. The van der Waals surface area contributed by atoms with Gasteiger partial charge in [-0.2, -0.15) is 0 Å². The number of sulfonamides is 1. The molecule has 0 aromatic carbocycles. The fourth-order valence-electron chi connectivity index (χ4n) is 3.24. The molecular formula is C15H29N3O3S. The van der Waals surface area contributed by atoms with Gasteiger partial charge in [0, 0.05) is 12.6 Å². The van der Waals surface area contributed by atoms with Gasteiger partial charge >= 0.3 is 0 Å². The monoisotopic (exact) mass is 331 g/mol. The predicted octanol–water partition coefficient (Wildman–Crippen LogP) is 0.728. The van der Waals surface area contributed by atoms with E-state index in [9.17, 15) is 13.2 Å². The lowest BCUT2D eigenvalue weighted by Crippen LogP contribution is -2.55. The quantitative estimate of drug-likeness (QED) is 0.640. The van der Waals surface area contributed by atoms with Crippen LogP contribution in [0.5, 0.6) is 0 Å². The highest BCUT2D eigenvalue weighted by molar-refractivity contribution is 7.90. The summed E-state index contributed by atoms with van der Waals surface area (Å²) in [4.78, 5) is 12.1. The summed E-state index contributed by atoms with van der Waals surface area (Å²) in [6, 6.07) is -0.0293. The van der Waals surface area contributed by atoms with Crippen LogP contribution in [0.3, 0.4) is 0 Å². The molecule has 1 amide bonds. The van der Waals surface area contributed by atoms with Crippen LogP contribution in [0.2, 0.25) is 0 Å². The molecule has 0 bridgehead atoms. The van der Waals surface area contributed by atoms with Crippen molar-refractivity contribution in [1.29, 1.82) is 0 Å². The molecule has 6 nitrogen and oxygen atoms in total. The third kappa shape index (κ3) is 4.93. The zero-order valence-corrected chi connectivity index (χ0v) is 14.4. The number of amides is 1. The summed E-state index contributed by atoms with van der Waals surface area (Å²) < 4.78 is 27.0. The van der Waals surface area contributed by atoms with Gasteiger partial charge in [-0.15, -0.1) is 0 Å². The van der Waals surface area contributed by atoms with Crippen LogP contribution in [0.4, 0.5) is 0 Å². The summed E-state index contributed by atoms with van der Waals surface area (Å²) >= 11 is 0. The maximum absolute atomic E-state index is 12.1. The van der Waals surface area contributed by atoms with Crippen LogP contribution >= 0.6 is 0 Å². The second kappa shape index (κ2) is 6.84. The van der Waals surface area contributed by atoms with Crippen molar-refractivity contribution in [2.45, 2.75) is 64.0 Å². The smallest absolute Gasteiger partial charge is 0.237 e. The lowest BCUT2D eigenvalue weighted by Gasteiger charge is -2.30. The maximum atomic E-state index is 12.1. The van der Waals surface area contributed by atoms with Gasteiger partial charge in [0.2, 0.25) is 15.9 Å². The van der Waals surface area contributed by atoms with Crippen LogP contribution in [0.25, 0.3) is 0 Å². The number of carbonyl (C=O) groups is 1. The first kappa shape index (κ1) is 17.7. The summed E-state index contributed by atoms with van der Waals surface area (Å²) in [7, 11) is -3.59. The van der Waals surface area contributed by atoms with Crippen LogP contribution < -0.4 is 15.8 Å². The fraction of sp³-hybridized carbons (Fsp3) is 0.933. The number of carbonyl (C=O) groups excluding carboxylic acids is 1. The van der Waals surface area contributed by atoms with Gasteiger partial charge in [-0.05, 0) is 57.3 Å². The molecule has 0 aliphatic heterocycles. The number of rotatable bonds is 7. The molecule has 0 heterocycles. The van der Waals surface area contributed by atoms with Crippen LogP contribution in [0.15, 0.2) is 0 Å². The largest absolute Gasteiger partial charge is 0.348 e. The van der Waals surface area contributed by atoms with E-state index < -0.39 is 27.2 Å². The molecule has 2 saturated carbocycles. The van der Waals surface area contributed by atoms with E-state index in [4.69, 9.17) is 5.73 Å². The number of hydrogen-bond donors (Lipinski definition) is 3. The molecule has 0 spiro atoms. The maximum Gasteiger partial charge on any atom is 0.237 e. The molecule has 2 aliphatic rings. The average Bonchev–Trinajstić information content (AvgIpc) is 3.25. The molecule has 128 valence electrons. The minimum atomic E-state index is -3.59. The molecule has 0 aromatic heterocycles. The Morgan fingerprint density at radius 1 is 1.18 bits per heavy atom. The lowest BCUT2D eigenvalue weighted by molar-refractivity contribution is -0.120. The SMILES string of the molecule is CC1CCC(NS(=O)(=O)CC(=O)NC(C)(CN)C2CC2)CC1. The summed E-state index contributed by atoms with van der Waals surface area (Å²) in [5.74, 6) is 0.0581. The summed E-state index contributed by atoms with van der Waals surface area (Å²) in [6.07, 6.45) is 5.85. The number of nitrogens with one attached hydrogen (secondary N) is 2. The van der Waals surface area contributed by atoms with Crippen LogP contribution in [0, 0.1) is 11.8 Å². The first-order chi connectivity index (χ1) is 10.2. The first-order valence-corrected chi connectivity index (χ1v) is 9.90. The third-order valence-corrected chi connectivity index (χ3v) is 6.35. The van der Waals surface area contributed by atoms with Crippen molar-refractivity contribution in [2.75, 3.05) is 12.3 Å². The fourth-order valence-corrected chi connectivity index (χ4v) is 4.49. The highest BCUT2D eigenvalue weighted by Gasteiger charge is 2.42. The topological polar surface area (TPSA) is 101 Å². The van der Waals surface area contributed by atoms with Gasteiger partial charge in [0.25, 0.3) is 0 Å². The van der Waals surface area contributed by atoms with Crippen molar-refractivity contribution in [3.8, 4) is 0 Å². The van der Waals surface area contributed by atoms with E-state index >= 15 is 0 Å². The van der Waals surface area contributed by atoms with Gasteiger partial charge in [-0.25, -0.2) is 13.1 Å². The summed E-state index contributed by atoms with van der Waals surface area (Å²) in [6.45, 7) is 4.41. The molecule has 4 N–H and O–H groups in total. The molecule has 1 atom stereocenters. The Kier molecular flexibility index (Phi) is 5.50. The minimum Gasteiger partial charge on any atom is -0.348 e. The lowest BCUT2D eigenvalue weighted by atomic mass is 9.88. The molecule has 2 aliphatic carbocycles. The number of nitrogens with two attached hydrogens (primary N) is 1. The second-order valence-corrected chi connectivity index (χ2v) is 9.03. The molecule has 0 aromatic rings. The Labute approximate surface area is 133 Å². The van der Waals surface area contributed by atoms with E-state index in [2.05, 4.69) is 17.0 Å². The van der Waals surface area contributed by atoms with Gasteiger partial charge < -0.3 is 11.1 Å². The van der Waals surface area contributed by atoms with Gasteiger partial charge in [-0.3, -0.25) is 4.79 Å². The van der Waals surface area contributed by atoms with Crippen LogP contribution in [0.1, 0.15) is 52.4 Å². The minimum absolute atomic E-state index is 0.0293.